The lowest BCUT2D eigenvalue weighted by molar-refractivity contribution is 0.0900. The summed E-state index contributed by atoms with van der Waals surface area (Å²) in [4.78, 5) is 14.8. The van der Waals surface area contributed by atoms with E-state index in [2.05, 4.69) is 20.2 Å². The van der Waals surface area contributed by atoms with E-state index in [0.29, 0.717) is 0 Å². The van der Waals surface area contributed by atoms with Crippen LogP contribution in [0.4, 0.5) is 5.82 Å². The molecule has 0 saturated carbocycles. The van der Waals surface area contributed by atoms with Gasteiger partial charge in [0.2, 0.25) is 0 Å². The summed E-state index contributed by atoms with van der Waals surface area (Å²) in [6.45, 7) is 3.56. The molecule has 0 radical (unpaired) electrons. The Labute approximate surface area is 140 Å². The largest absolute Gasteiger partial charge is 0.355 e. The van der Waals surface area contributed by atoms with Crippen molar-refractivity contribution in [2.45, 2.75) is 19.8 Å². The van der Waals surface area contributed by atoms with Crippen LogP contribution in [0.15, 0.2) is 42.5 Å². The molecule has 2 aromatic heterocycles. The summed E-state index contributed by atoms with van der Waals surface area (Å²) in [5.41, 5.74) is 1.57. The fraction of sp³-hybridized carbons (Fsp3) is 0.333. The predicted octanol–water partition coefficient (Wildman–Crippen LogP) is 2.53. The monoisotopic (exact) mass is 321 g/mol. The van der Waals surface area contributed by atoms with Gasteiger partial charge >= 0.3 is 0 Å². The van der Waals surface area contributed by atoms with Crippen LogP contribution in [0.5, 0.6) is 0 Å². The third kappa shape index (κ3) is 2.64. The molecule has 6 nitrogen and oxygen atoms in total. The molecule has 4 rings (SSSR count). The fourth-order valence-electron chi connectivity index (χ4n) is 3.26. The highest BCUT2D eigenvalue weighted by Gasteiger charge is 2.26. The molecule has 3 heterocycles. The summed E-state index contributed by atoms with van der Waals surface area (Å²) in [5.74, 6) is 2.05. The molecule has 0 spiro atoms. The Balaban J connectivity index is 1.47. The molecule has 6 heteroatoms. The molecule has 0 bridgehead atoms. The summed E-state index contributed by atoms with van der Waals surface area (Å²) < 4.78 is 1.76. The number of ketones is 1. The molecule has 122 valence electrons. The topological polar surface area (TPSA) is 63.4 Å². The molecular weight excluding hydrogens is 302 g/mol. The molecule has 1 fully saturated rings. The van der Waals surface area contributed by atoms with Gasteiger partial charge in [0.1, 0.15) is 5.82 Å². The highest BCUT2D eigenvalue weighted by atomic mass is 16.1. The minimum atomic E-state index is 0.101. The molecule has 1 saturated heterocycles. The molecular formula is C18H19N5O. The minimum absolute atomic E-state index is 0.101. The minimum Gasteiger partial charge on any atom is -0.355 e. The number of carbonyl (C=O) groups is 1. The molecule has 0 amide bonds. The van der Waals surface area contributed by atoms with Gasteiger partial charge in [0.05, 0.1) is 0 Å². The van der Waals surface area contributed by atoms with Crippen molar-refractivity contribution in [2.24, 2.45) is 5.92 Å². The normalized spacial score (nSPS) is 15.8. The van der Waals surface area contributed by atoms with E-state index < -0.39 is 0 Å². The molecule has 24 heavy (non-hydrogen) atoms. The van der Waals surface area contributed by atoms with Crippen molar-refractivity contribution in [2.75, 3.05) is 18.0 Å². The van der Waals surface area contributed by atoms with E-state index in [0.717, 1.165) is 48.8 Å². The Morgan fingerprint density at radius 3 is 2.54 bits per heavy atom. The number of piperidine rings is 1. The van der Waals surface area contributed by atoms with E-state index in [9.17, 15) is 4.79 Å². The molecule has 0 unspecified atom stereocenters. The molecule has 0 N–H and O–H groups in total. The van der Waals surface area contributed by atoms with Crippen LogP contribution in [0.1, 0.15) is 29.0 Å². The van der Waals surface area contributed by atoms with Crippen molar-refractivity contribution < 1.29 is 4.79 Å². The van der Waals surface area contributed by atoms with Crippen LogP contribution < -0.4 is 4.90 Å². The summed E-state index contributed by atoms with van der Waals surface area (Å²) in [5, 5.41) is 12.7. The first-order chi connectivity index (χ1) is 11.7. The molecule has 1 aliphatic rings. The van der Waals surface area contributed by atoms with Crippen molar-refractivity contribution in [1.82, 2.24) is 19.8 Å². The summed E-state index contributed by atoms with van der Waals surface area (Å²) in [6.07, 6.45) is 1.71. The Bertz CT molecular complexity index is 866. The number of aromatic nitrogens is 4. The van der Waals surface area contributed by atoms with Crippen molar-refractivity contribution in [3.05, 3.63) is 53.9 Å². The first kappa shape index (κ1) is 14.8. The number of hydrogen-bond acceptors (Lipinski definition) is 5. The zero-order valence-corrected chi connectivity index (χ0v) is 13.6. The average molecular weight is 321 g/mol. The van der Waals surface area contributed by atoms with E-state index in [1.807, 2.05) is 49.4 Å². The highest BCUT2D eigenvalue weighted by Crippen LogP contribution is 2.25. The maximum atomic E-state index is 12.6. The van der Waals surface area contributed by atoms with Gasteiger partial charge in [0.15, 0.2) is 17.3 Å². The highest BCUT2D eigenvalue weighted by molar-refractivity contribution is 5.97. The van der Waals surface area contributed by atoms with E-state index in [1.165, 1.54) is 0 Å². The number of benzene rings is 1. The van der Waals surface area contributed by atoms with Crippen LogP contribution in [-0.2, 0) is 0 Å². The average Bonchev–Trinajstić information content (AvgIpc) is 3.02. The van der Waals surface area contributed by atoms with Crippen molar-refractivity contribution in [3.63, 3.8) is 0 Å². The van der Waals surface area contributed by atoms with Crippen LogP contribution in [0.3, 0.4) is 0 Å². The second-order valence-electron chi connectivity index (χ2n) is 6.20. The number of anilines is 1. The summed E-state index contributed by atoms with van der Waals surface area (Å²) in [7, 11) is 0. The molecule has 3 aromatic rings. The van der Waals surface area contributed by atoms with Crippen LogP contribution >= 0.6 is 0 Å². The number of fused-ring (bicyclic) bond motifs is 1. The Morgan fingerprint density at radius 2 is 1.79 bits per heavy atom. The lowest BCUT2D eigenvalue weighted by atomic mass is 9.89. The van der Waals surface area contributed by atoms with Crippen molar-refractivity contribution in [3.8, 4) is 0 Å². The van der Waals surface area contributed by atoms with Crippen LogP contribution in [0, 0.1) is 12.8 Å². The van der Waals surface area contributed by atoms with Crippen molar-refractivity contribution >= 4 is 17.2 Å². The van der Waals surface area contributed by atoms with Crippen molar-refractivity contribution in [1.29, 1.82) is 0 Å². The second kappa shape index (κ2) is 6.03. The molecule has 0 atom stereocenters. The summed E-state index contributed by atoms with van der Waals surface area (Å²) in [6, 6.07) is 13.5. The first-order valence-electron chi connectivity index (χ1n) is 8.25. The van der Waals surface area contributed by atoms with Gasteiger partial charge in [-0.2, -0.15) is 4.52 Å². The zero-order valence-electron chi connectivity index (χ0n) is 13.6. The second-order valence-corrected chi connectivity index (χ2v) is 6.20. The Hall–Kier alpha value is -2.76. The number of hydrogen-bond donors (Lipinski definition) is 0. The smallest absolute Gasteiger partial charge is 0.178 e. The van der Waals surface area contributed by atoms with Gasteiger partial charge in [0, 0.05) is 24.6 Å². The third-order valence-corrected chi connectivity index (χ3v) is 4.65. The lowest BCUT2D eigenvalue weighted by Gasteiger charge is -2.32. The number of carbonyl (C=O) groups excluding carboxylic acids is 1. The SMILES string of the molecule is Cc1nnc2ccc(N3CCC(C(=O)c4ccccc4)CC3)nn12. The van der Waals surface area contributed by atoms with Crippen LogP contribution in [-0.4, -0.2) is 38.7 Å². The van der Waals surface area contributed by atoms with Gasteiger partial charge in [-0.1, -0.05) is 30.3 Å². The maximum absolute atomic E-state index is 12.6. The fourth-order valence-corrected chi connectivity index (χ4v) is 3.26. The van der Waals surface area contributed by atoms with Gasteiger partial charge in [-0.25, -0.2) is 0 Å². The summed E-state index contributed by atoms with van der Waals surface area (Å²) >= 11 is 0. The molecule has 1 aliphatic heterocycles. The van der Waals surface area contributed by atoms with E-state index >= 15 is 0 Å². The van der Waals surface area contributed by atoms with Gasteiger partial charge in [-0.3, -0.25) is 4.79 Å². The number of Topliss-reactive ketones (excluding diaryl/α,β-unsaturated/α-hetero) is 1. The number of nitrogens with zero attached hydrogens (tertiary/aromatic N) is 5. The van der Waals surface area contributed by atoms with E-state index in [1.54, 1.807) is 4.52 Å². The molecule has 0 aliphatic carbocycles. The number of aryl methyl sites for hydroxylation is 1. The Kier molecular flexibility index (Phi) is 3.72. The Morgan fingerprint density at radius 1 is 1.04 bits per heavy atom. The van der Waals surface area contributed by atoms with Gasteiger partial charge in [-0.05, 0) is 31.9 Å². The third-order valence-electron chi connectivity index (χ3n) is 4.65. The van der Waals surface area contributed by atoms with Gasteiger partial charge in [-0.15, -0.1) is 15.3 Å². The molecule has 1 aromatic carbocycles. The van der Waals surface area contributed by atoms with Crippen LogP contribution in [0.25, 0.3) is 5.65 Å². The van der Waals surface area contributed by atoms with Crippen LogP contribution in [0.2, 0.25) is 0 Å². The van der Waals surface area contributed by atoms with Gasteiger partial charge < -0.3 is 4.90 Å². The standard InChI is InChI=1S/C18H19N5O/c1-13-19-20-16-7-8-17(21-23(13)16)22-11-9-15(10-12-22)18(24)14-5-3-2-4-6-14/h2-8,15H,9-12H2,1H3. The van der Waals surface area contributed by atoms with E-state index in [4.69, 9.17) is 0 Å². The maximum Gasteiger partial charge on any atom is 0.178 e. The first-order valence-corrected chi connectivity index (χ1v) is 8.25. The van der Waals surface area contributed by atoms with Gasteiger partial charge in [0.25, 0.3) is 0 Å². The lowest BCUT2D eigenvalue weighted by Crippen LogP contribution is -2.37. The predicted molar refractivity (Wildman–Crippen MR) is 91.2 cm³/mol. The van der Waals surface area contributed by atoms with E-state index in [-0.39, 0.29) is 11.7 Å². The number of rotatable bonds is 3. The zero-order chi connectivity index (χ0) is 16.5. The quantitative estimate of drug-likeness (QED) is 0.694.